The van der Waals surface area contributed by atoms with Crippen LogP contribution in [0, 0.1) is 11.9 Å². The second kappa shape index (κ2) is 11.8. The highest BCUT2D eigenvalue weighted by Crippen LogP contribution is 2.32. The molecule has 0 unspecified atom stereocenters. The molecule has 8 nitrogen and oxygen atoms in total. The van der Waals surface area contributed by atoms with Gasteiger partial charge in [0.25, 0.3) is 11.8 Å². The molecule has 0 atom stereocenters. The molecule has 4 aromatic rings. The Morgan fingerprint density at radius 2 is 1.78 bits per heavy atom. The number of amides is 3. The van der Waals surface area contributed by atoms with E-state index in [0.717, 1.165) is 16.7 Å². The Hall–Kier alpha value is -4.76. The van der Waals surface area contributed by atoms with Gasteiger partial charge in [-0.15, -0.1) is 0 Å². The van der Waals surface area contributed by atoms with Crippen LogP contribution in [-0.2, 0) is 11.3 Å². The number of fused-ring (bicyclic) bond motifs is 1. The van der Waals surface area contributed by atoms with Crippen molar-refractivity contribution in [3.05, 3.63) is 107 Å². The molecule has 2 N–H and O–H groups in total. The molecule has 1 aliphatic rings. The molecule has 3 aromatic carbocycles. The first-order chi connectivity index (χ1) is 19.7. The number of hydrogen-bond donors (Lipinski definition) is 2. The number of nitrogens with zero attached hydrogens (tertiary/aromatic N) is 2. The Labute approximate surface area is 241 Å². The number of pyridine rings is 1. The van der Waals surface area contributed by atoms with E-state index in [0.29, 0.717) is 17.1 Å². The van der Waals surface area contributed by atoms with Gasteiger partial charge in [0.1, 0.15) is 5.75 Å². The average molecular weight is 573 g/mol. The van der Waals surface area contributed by atoms with E-state index >= 15 is 0 Å². The number of nitrogens with one attached hydrogen (secondary N) is 2. The number of hydrogen-bond acceptors (Lipinski definition) is 5. The van der Waals surface area contributed by atoms with E-state index in [2.05, 4.69) is 15.6 Å². The van der Waals surface area contributed by atoms with Gasteiger partial charge in [0.05, 0.1) is 16.1 Å². The summed E-state index contributed by atoms with van der Waals surface area (Å²) in [6, 6.07) is 19.9. The standard InChI is InChI=1S/C31H26ClFN4O4/c1-18(2)29(38)35-15-19-3-10-26(32)24(13-19)30(39)36-22-7-11-27-25(14-22)31(40)37(17-41-27)23-8-4-20(5-9-23)21-6-12-28(33)34-16-21/h3-14,16,18H,15,17H2,1-2H3,(H,35,38)(H,36,39). The summed E-state index contributed by atoms with van der Waals surface area (Å²) in [5.74, 6) is -1.16. The minimum absolute atomic E-state index is 0.0186. The van der Waals surface area contributed by atoms with E-state index in [-0.39, 0.29) is 47.2 Å². The van der Waals surface area contributed by atoms with Crippen LogP contribution >= 0.6 is 11.6 Å². The van der Waals surface area contributed by atoms with Crippen LogP contribution in [0.25, 0.3) is 11.1 Å². The van der Waals surface area contributed by atoms with E-state index < -0.39 is 11.9 Å². The van der Waals surface area contributed by atoms with Crippen LogP contribution in [0.1, 0.15) is 40.1 Å². The predicted molar refractivity (Wildman–Crippen MR) is 154 cm³/mol. The third kappa shape index (κ3) is 6.20. The summed E-state index contributed by atoms with van der Waals surface area (Å²) in [7, 11) is 0. The van der Waals surface area contributed by atoms with Gasteiger partial charge in [-0.3, -0.25) is 19.3 Å². The lowest BCUT2D eigenvalue weighted by molar-refractivity contribution is -0.124. The van der Waals surface area contributed by atoms with Crippen LogP contribution in [0.5, 0.6) is 5.75 Å². The van der Waals surface area contributed by atoms with Crippen LogP contribution in [0.4, 0.5) is 15.8 Å². The van der Waals surface area contributed by atoms with Crippen LogP contribution in [0.15, 0.2) is 79.0 Å². The fraction of sp³-hybridized carbons (Fsp3) is 0.161. The minimum atomic E-state index is -0.556. The summed E-state index contributed by atoms with van der Waals surface area (Å²) in [4.78, 5) is 43.6. The van der Waals surface area contributed by atoms with Crippen LogP contribution in [-0.4, -0.2) is 29.4 Å². The Morgan fingerprint density at radius 1 is 1.02 bits per heavy atom. The van der Waals surface area contributed by atoms with Crippen LogP contribution < -0.4 is 20.3 Å². The summed E-state index contributed by atoms with van der Waals surface area (Å²) in [5.41, 5.74) is 3.82. The average Bonchev–Trinajstić information content (AvgIpc) is 2.97. The summed E-state index contributed by atoms with van der Waals surface area (Å²) in [6.45, 7) is 3.88. The number of anilines is 2. The van der Waals surface area contributed by atoms with Gasteiger partial charge < -0.3 is 15.4 Å². The van der Waals surface area contributed by atoms with Crippen molar-refractivity contribution in [2.24, 2.45) is 5.92 Å². The monoisotopic (exact) mass is 572 g/mol. The summed E-state index contributed by atoms with van der Waals surface area (Å²) in [6.07, 6.45) is 1.44. The number of carbonyl (C=O) groups excluding carboxylic acids is 3. The summed E-state index contributed by atoms with van der Waals surface area (Å²) >= 11 is 6.30. The lowest BCUT2D eigenvalue weighted by Gasteiger charge is -2.29. The van der Waals surface area contributed by atoms with Crippen molar-refractivity contribution < 1.29 is 23.5 Å². The maximum atomic E-state index is 13.4. The number of aromatic nitrogens is 1. The van der Waals surface area contributed by atoms with E-state index in [9.17, 15) is 18.8 Å². The quantitative estimate of drug-likeness (QED) is 0.262. The number of benzene rings is 3. The highest BCUT2D eigenvalue weighted by Gasteiger charge is 2.27. The first-order valence-corrected chi connectivity index (χ1v) is 13.3. The maximum Gasteiger partial charge on any atom is 0.264 e. The molecule has 41 heavy (non-hydrogen) atoms. The molecule has 0 bridgehead atoms. The normalized spacial score (nSPS) is 12.5. The number of rotatable bonds is 7. The minimum Gasteiger partial charge on any atom is -0.472 e. The molecule has 0 radical (unpaired) electrons. The van der Waals surface area contributed by atoms with Crippen molar-refractivity contribution in [1.82, 2.24) is 10.3 Å². The van der Waals surface area contributed by atoms with Gasteiger partial charge >= 0.3 is 0 Å². The molecular formula is C31H26ClFN4O4. The Bertz CT molecular complexity index is 1620. The van der Waals surface area contributed by atoms with Crippen molar-refractivity contribution in [3.8, 4) is 16.9 Å². The third-order valence-corrected chi connectivity index (χ3v) is 6.90. The zero-order valence-electron chi connectivity index (χ0n) is 22.3. The van der Waals surface area contributed by atoms with Crippen molar-refractivity contribution in [3.63, 3.8) is 0 Å². The highest BCUT2D eigenvalue weighted by atomic mass is 35.5. The summed E-state index contributed by atoms with van der Waals surface area (Å²) in [5, 5.41) is 5.87. The van der Waals surface area contributed by atoms with Gasteiger partial charge in [-0.05, 0) is 65.7 Å². The zero-order chi connectivity index (χ0) is 29.1. The number of halogens is 2. The smallest absolute Gasteiger partial charge is 0.264 e. The molecule has 0 fully saturated rings. The molecule has 1 aliphatic heterocycles. The van der Waals surface area contributed by atoms with Crippen molar-refractivity contribution in [1.29, 1.82) is 0 Å². The second-order valence-corrected chi connectivity index (χ2v) is 10.2. The third-order valence-electron chi connectivity index (χ3n) is 6.57. The van der Waals surface area contributed by atoms with Crippen molar-refractivity contribution in [2.45, 2.75) is 20.4 Å². The number of ether oxygens (including phenoxy) is 1. The molecule has 2 heterocycles. The largest absolute Gasteiger partial charge is 0.472 e. The van der Waals surface area contributed by atoms with E-state index in [4.69, 9.17) is 16.3 Å². The van der Waals surface area contributed by atoms with E-state index in [1.807, 2.05) is 12.1 Å². The van der Waals surface area contributed by atoms with E-state index in [1.54, 1.807) is 68.4 Å². The first kappa shape index (κ1) is 27.8. The van der Waals surface area contributed by atoms with E-state index in [1.165, 1.54) is 17.2 Å². The lowest BCUT2D eigenvalue weighted by atomic mass is 10.1. The molecule has 5 rings (SSSR count). The molecular weight excluding hydrogens is 547 g/mol. The molecule has 1 aromatic heterocycles. The second-order valence-electron chi connectivity index (χ2n) is 9.77. The maximum absolute atomic E-state index is 13.4. The van der Waals surface area contributed by atoms with Gasteiger partial charge in [0.2, 0.25) is 11.9 Å². The van der Waals surface area contributed by atoms with Crippen molar-refractivity contribution >= 4 is 40.7 Å². The molecule has 0 saturated heterocycles. The van der Waals surface area contributed by atoms with Crippen LogP contribution in [0.2, 0.25) is 5.02 Å². The van der Waals surface area contributed by atoms with Gasteiger partial charge in [-0.1, -0.05) is 43.6 Å². The fourth-order valence-electron chi connectivity index (χ4n) is 4.26. The molecule has 0 saturated carbocycles. The van der Waals surface area contributed by atoms with Gasteiger partial charge in [-0.2, -0.15) is 4.39 Å². The highest BCUT2D eigenvalue weighted by molar-refractivity contribution is 6.34. The number of carbonyl (C=O) groups is 3. The molecule has 0 aliphatic carbocycles. The van der Waals surface area contributed by atoms with Gasteiger partial charge in [0.15, 0.2) is 6.73 Å². The van der Waals surface area contributed by atoms with Gasteiger partial charge in [-0.25, -0.2) is 4.98 Å². The summed E-state index contributed by atoms with van der Waals surface area (Å²) < 4.78 is 19.0. The molecule has 3 amide bonds. The lowest BCUT2D eigenvalue weighted by Crippen LogP contribution is -2.38. The topological polar surface area (TPSA) is 101 Å². The SMILES string of the molecule is CC(C)C(=O)NCc1ccc(Cl)c(C(=O)Nc2ccc3c(c2)C(=O)N(c2ccc(-c4ccc(F)nc4)cc2)CO3)c1. The molecule has 208 valence electrons. The van der Waals surface area contributed by atoms with Crippen LogP contribution in [0.3, 0.4) is 0 Å². The van der Waals surface area contributed by atoms with Gasteiger partial charge in [0, 0.05) is 35.6 Å². The Kier molecular flexibility index (Phi) is 7.98. The van der Waals surface area contributed by atoms with Crippen molar-refractivity contribution in [2.75, 3.05) is 16.9 Å². The first-order valence-electron chi connectivity index (χ1n) is 12.9. The zero-order valence-corrected chi connectivity index (χ0v) is 23.0. The molecule has 0 spiro atoms. The fourth-order valence-corrected chi connectivity index (χ4v) is 4.46. The Balaban J connectivity index is 1.31. The Morgan fingerprint density at radius 3 is 2.49 bits per heavy atom. The molecule has 10 heteroatoms. The predicted octanol–water partition coefficient (Wildman–Crippen LogP) is 6.06.